The Bertz CT molecular complexity index is 1030. The zero-order chi connectivity index (χ0) is 22.2. The highest BCUT2D eigenvalue weighted by atomic mass is 19.1. The lowest BCUT2D eigenvalue weighted by molar-refractivity contribution is -0.116. The number of amides is 1. The van der Waals surface area contributed by atoms with Crippen LogP contribution < -0.4 is 5.32 Å². The Morgan fingerprint density at radius 1 is 1.12 bits per heavy atom. The lowest BCUT2D eigenvalue weighted by atomic mass is 10.0. The first kappa shape index (κ1) is 21.9. The van der Waals surface area contributed by atoms with Crippen LogP contribution in [0.25, 0.3) is 6.08 Å². The van der Waals surface area contributed by atoms with Crippen molar-refractivity contribution >= 4 is 12.0 Å². The van der Waals surface area contributed by atoms with E-state index in [4.69, 9.17) is 4.74 Å². The van der Waals surface area contributed by atoms with Crippen LogP contribution in [-0.4, -0.2) is 58.6 Å². The van der Waals surface area contributed by atoms with E-state index in [1.807, 2.05) is 30.3 Å². The zero-order valence-electron chi connectivity index (χ0n) is 17.7. The SMILES string of the molecule is O=C(/C=C/c1cn(Cc2ccccc2)nn1)NCC(c1ccc(F)cc1)N1CCOCC1. The topological polar surface area (TPSA) is 72.3 Å². The fourth-order valence-corrected chi connectivity index (χ4v) is 3.69. The molecule has 0 aliphatic carbocycles. The number of hydrogen-bond acceptors (Lipinski definition) is 5. The molecule has 1 aliphatic rings. The summed E-state index contributed by atoms with van der Waals surface area (Å²) >= 11 is 0. The van der Waals surface area contributed by atoms with Gasteiger partial charge in [-0.15, -0.1) is 5.10 Å². The van der Waals surface area contributed by atoms with Gasteiger partial charge in [-0.1, -0.05) is 47.7 Å². The fraction of sp³-hybridized carbons (Fsp3) is 0.292. The van der Waals surface area contributed by atoms with Gasteiger partial charge in [-0.25, -0.2) is 9.07 Å². The van der Waals surface area contributed by atoms with Crippen molar-refractivity contribution in [2.75, 3.05) is 32.8 Å². The molecule has 166 valence electrons. The van der Waals surface area contributed by atoms with E-state index < -0.39 is 0 Å². The number of morpholine rings is 1. The van der Waals surface area contributed by atoms with Gasteiger partial charge in [0.15, 0.2) is 0 Å². The third-order valence-electron chi connectivity index (χ3n) is 5.36. The molecular weight excluding hydrogens is 409 g/mol. The molecule has 1 amide bonds. The van der Waals surface area contributed by atoms with E-state index in [0.29, 0.717) is 32.0 Å². The molecule has 0 spiro atoms. The van der Waals surface area contributed by atoms with E-state index in [0.717, 1.165) is 24.2 Å². The first-order valence-corrected chi connectivity index (χ1v) is 10.6. The van der Waals surface area contributed by atoms with Gasteiger partial charge in [-0.3, -0.25) is 9.69 Å². The van der Waals surface area contributed by atoms with Crippen molar-refractivity contribution in [2.24, 2.45) is 0 Å². The maximum absolute atomic E-state index is 13.4. The molecule has 8 heteroatoms. The minimum absolute atomic E-state index is 0.0522. The zero-order valence-corrected chi connectivity index (χ0v) is 17.7. The number of rotatable bonds is 8. The lowest BCUT2D eigenvalue weighted by Crippen LogP contribution is -2.43. The summed E-state index contributed by atoms with van der Waals surface area (Å²) in [6.45, 7) is 3.84. The second-order valence-electron chi connectivity index (χ2n) is 7.62. The Labute approximate surface area is 186 Å². The number of carbonyl (C=O) groups excluding carboxylic acids is 1. The molecule has 0 radical (unpaired) electrons. The van der Waals surface area contributed by atoms with Crippen LogP contribution in [0, 0.1) is 5.82 Å². The molecule has 2 aromatic carbocycles. The normalized spacial score (nSPS) is 15.7. The van der Waals surface area contributed by atoms with E-state index in [-0.39, 0.29) is 17.8 Å². The highest BCUT2D eigenvalue weighted by Gasteiger charge is 2.23. The smallest absolute Gasteiger partial charge is 0.244 e. The Hall–Kier alpha value is -3.36. The molecule has 4 rings (SSSR count). The second kappa shape index (κ2) is 10.8. The van der Waals surface area contributed by atoms with Crippen LogP contribution >= 0.6 is 0 Å². The predicted molar refractivity (Wildman–Crippen MR) is 119 cm³/mol. The van der Waals surface area contributed by atoms with E-state index in [1.54, 1.807) is 29.1 Å². The standard InChI is InChI=1S/C24H26FN5O2/c25-21-8-6-20(7-9-21)23(29-12-14-32-15-13-29)16-26-24(31)11-10-22-18-30(28-27-22)17-19-4-2-1-3-5-19/h1-11,18,23H,12-17H2,(H,26,31)/b11-10+. The van der Waals surface area contributed by atoms with Gasteiger partial charge in [0.25, 0.3) is 0 Å². The van der Waals surface area contributed by atoms with Crippen molar-refractivity contribution in [3.8, 4) is 0 Å². The van der Waals surface area contributed by atoms with Crippen LogP contribution in [0.4, 0.5) is 4.39 Å². The fourth-order valence-electron chi connectivity index (χ4n) is 3.69. The highest BCUT2D eigenvalue weighted by molar-refractivity contribution is 5.91. The minimum Gasteiger partial charge on any atom is -0.379 e. The number of aromatic nitrogens is 3. The Balaban J connectivity index is 1.34. The molecule has 1 unspecified atom stereocenters. The minimum atomic E-state index is -0.276. The van der Waals surface area contributed by atoms with Crippen molar-refractivity contribution in [2.45, 2.75) is 12.6 Å². The number of hydrogen-bond donors (Lipinski definition) is 1. The Morgan fingerprint density at radius 2 is 1.88 bits per heavy atom. The Morgan fingerprint density at radius 3 is 2.62 bits per heavy atom. The molecule has 1 aromatic heterocycles. The van der Waals surface area contributed by atoms with E-state index in [2.05, 4.69) is 20.5 Å². The average Bonchev–Trinajstić information content (AvgIpc) is 3.27. The van der Waals surface area contributed by atoms with Gasteiger partial charge in [0.1, 0.15) is 11.5 Å². The summed E-state index contributed by atoms with van der Waals surface area (Å²) in [6, 6.07) is 16.4. The number of ether oxygens (including phenoxy) is 1. The largest absolute Gasteiger partial charge is 0.379 e. The third kappa shape index (κ3) is 6.09. The second-order valence-corrected chi connectivity index (χ2v) is 7.62. The third-order valence-corrected chi connectivity index (χ3v) is 5.36. The van der Waals surface area contributed by atoms with Crippen LogP contribution in [0.1, 0.15) is 22.9 Å². The van der Waals surface area contributed by atoms with Crippen LogP contribution in [0.3, 0.4) is 0 Å². The maximum Gasteiger partial charge on any atom is 0.244 e. The first-order valence-electron chi connectivity index (χ1n) is 10.6. The maximum atomic E-state index is 13.4. The number of benzene rings is 2. The lowest BCUT2D eigenvalue weighted by Gasteiger charge is -2.34. The quantitative estimate of drug-likeness (QED) is 0.551. The summed E-state index contributed by atoms with van der Waals surface area (Å²) in [4.78, 5) is 14.7. The Kier molecular flexibility index (Phi) is 7.37. The summed E-state index contributed by atoms with van der Waals surface area (Å²) in [6.07, 6.45) is 4.90. The molecule has 0 saturated carbocycles. The van der Waals surface area contributed by atoms with Gasteiger partial charge >= 0.3 is 0 Å². The van der Waals surface area contributed by atoms with Crippen LogP contribution in [0.15, 0.2) is 66.9 Å². The van der Waals surface area contributed by atoms with Crippen LogP contribution in [-0.2, 0) is 16.1 Å². The number of nitrogens with one attached hydrogen (secondary N) is 1. The molecule has 7 nitrogen and oxygen atoms in total. The van der Waals surface area contributed by atoms with Crippen molar-refractivity contribution < 1.29 is 13.9 Å². The summed E-state index contributed by atoms with van der Waals surface area (Å²) in [7, 11) is 0. The van der Waals surface area contributed by atoms with Gasteiger partial charge in [-0.2, -0.15) is 0 Å². The van der Waals surface area contributed by atoms with Gasteiger partial charge in [0.05, 0.1) is 32.0 Å². The molecule has 1 atom stereocenters. The van der Waals surface area contributed by atoms with Crippen LogP contribution in [0.2, 0.25) is 0 Å². The van der Waals surface area contributed by atoms with Crippen molar-refractivity contribution in [1.29, 1.82) is 0 Å². The first-order chi connectivity index (χ1) is 15.7. The van der Waals surface area contributed by atoms with Crippen LogP contribution in [0.5, 0.6) is 0 Å². The molecule has 1 fully saturated rings. The van der Waals surface area contributed by atoms with Gasteiger partial charge < -0.3 is 10.1 Å². The molecule has 2 heterocycles. The summed E-state index contributed by atoms with van der Waals surface area (Å²) < 4.78 is 20.5. The molecule has 1 N–H and O–H groups in total. The predicted octanol–water partition coefficient (Wildman–Crippen LogP) is 2.67. The van der Waals surface area contributed by atoms with E-state index >= 15 is 0 Å². The van der Waals surface area contributed by atoms with Gasteiger partial charge in [0.2, 0.25) is 5.91 Å². The summed E-state index contributed by atoms with van der Waals surface area (Å²) in [5.41, 5.74) is 2.70. The summed E-state index contributed by atoms with van der Waals surface area (Å²) in [5, 5.41) is 11.2. The average molecular weight is 436 g/mol. The molecule has 3 aromatic rings. The number of halogens is 1. The number of nitrogens with zero attached hydrogens (tertiary/aromatic N) is 4. The molecule has 1 saturated heterocycles. The van der Waals surface area contributed by atoms with Crippen molar-refractivity contribution in [3.63, 3.8) is 0 Å². The molecule has 0 bridgehead atoms. The highest BCUT2D eigenvalue weighted by Crippen LogP contribution is 2.21. The van der Waals surface area contributed by atoms with Gasteiger partial charge in [0, 0.05) is 25.7 Å². The van der Waals surface area contributed by atoms with E-state index in [9.17, 15) is 9.18 Å². The van der Waals surface area contributed by atoms with Crippen molar-refractivity contribution in [3.05, 3.63) is 89.5 Å². The molecular formula is C24H26FN5O2. The van der Waals surface area contributed by atoms with E-state index in [1.165, 1.54) is 18.2 Å². The van der Waals surface area contributed by atoms with Crippen molar-refractivity contribution in [1.82, 2.24) is 25.2 Å². The molecule has 1 aliphatic heterocycles. The summed E-state index contributed by atoms with van der Waals surface area (Å²) in [5.74, 6) is -0.496. The van der Waals surface area contributed by atoms with Gasteiger partial charge in [-0.05, 0) is 29.3 Å². The number of carbonyl (C=O) groups is 1. The monoisotopic (exact) mass is 435 g/mol. The molecule has 32 heavy (non-hydrogen) atoms.